The Morgan fingerprint density at radius 2 is 2.06 bits per heavy atom. The Morgan fingerprint density at radius 3 is 2.77 bits per heavy atom. The molecule has 1 saturated carbocycles. The second-order valence-electron chi connectivity index (χ2n) is 7.51. The van der Waals surface area contributed by atoms with Crippen LogP contribution in [0.2, 0.25) is 0 Å². The average Bonchev–Trinajstić information content (AvgIpc) is 3.54. The summed E-state index contributed by atoms with van der Waals surface area (Å²) in [4.78, 5) is 20.8. The predicted octanol–water partition coefficient (Wildman–Crippen LogP) is 4.01. The van der Waals surface area contributed by atoms with E-state index in [9.17, 15) is 18.0 Å². The summed E-state index contributed by atoms with van der Waals surface area (Å²) in [5.41, 5.74) is 1.14. The van der Waals surface area contributed by atoms with Crippen molar-refractivity contribution in [3.63, 3.8) is 0 Å². The van der Waals surface area contributed by atoms with Gasteiger partial charge in [0, 0.05) is 11.9 Å². The second-order valence-corrected chi connectivity index (χ2v) is 7.51. The van der Waals surface area contributed by atoms with Crippen LogP contribution in [0.25, 0.3) is 0 Å². The molecule has 7 nitrogen and oxygen atoms in total. The molecule has 2 N–H and O–H groups in total. The van der Waals surface area contributed by atoms with Crippen LogP contribution in [0.1, 0.15) is 47.4 Å². The van der Waals surface area contributed by atoms with E-state index in [1.807, 2.05) is 0 Å². The first-order chi connectivity index (χ1) is 14.7. The summed E-state index contributed by atoms with van der Waals surface area (Å²) in [5.74, 6) is 0.321. The number of aryl methyl sites for hydroxylation is 1. The first-order valence-corrected chi connectivity index (χ1v) is 9.97. The first-order valence-electron chi connectivity index (χ1n) is 9.97. The van der Waals surface area contributed by atoms with Crippen molar-refractivity contribution in [1.29, 1.82) is 0 Å². The molecule has 2 aromatic heterocycles. The lowest BCUT2D eigenvalue weighted by Crippen LogP contribution is -2.28. The SMILES string of the molecule is Cc1ccc(C(=O)NC(C)c2ccnc(NCOCC3CC3)c2)c(OCC(F)(F)F)n1. The Morgan fingerprint density at radius 1 is 1.29 bits per heavy atom. The number of ether oxygens (including phenoxy) is 2. The molecule has 1 atom stereocenters. The van der Waals surface area contributed by atoms with Gasteiger partial charge in [0.2, 0.25) is 5.88 Å². The van der Waals surface area contributed by atoms with Gasteiger partial charge < -0.3 is 20.1 Å². The number of pyridine rings is 2. The van der Waals surface area contributed by atoms with Crippen molar-refractivity contribution in [2.24, 2.45) is 5.92 Å². The summed E-state index contributed by atoms with van der Waals surface area (Å²) in [6.07, 6.45) is -0.503. The number of hydrogen-bond donors (Lipinski definition) is 2. The maximum atomic E-state index is 12.7. The Hall–Kier alpha value is -2.88. The zero-order chi connectivity index (χ0) is 22.4. The quantitative estimate of drug-likeness (QED) is 0.431. The molecule has 1 fully saturated rings. The number of halogens is 3. The molecule has 0 radical (unpaired) electrons. The van der Waals surface area contributed by atoms with E-state index in [2.05, 4.69) is 20.6 Å². The van der Waals surface area contributed by atoms with Crippen LogP contribution in [-0.4, -0.2) is 42.0 Å². The molecule has 3 rings (SSSR count). The van der Waals surface area contributed by atoms with Gasteiger partial charge in [-0.3, -0.25) is 4.79 Å². The van der Waals surface area contributed by atoms with Gasteiger partial charge in [-0.1, -0.05) is 0 Å². The highest BCUT2D eigenvalue weighted by Crippen LogP contribution is 2.28. The van der Waals surface area contributed by atoms with Crippen molar-refractivity contribution < 1.29 is 27.4 Å². The van der Waals surface area contributed by atoms with Gasteiger partial charge in [0.05, 0.1) is 12.6 Å². The molecule has 0 aliphatic heterocycles. The molecule has 0 saturated heterocycles. The van der Waals surface area contributed by atoms with Crippen molar-refractivity contribution in [2.45, 2.75) is 38.9 Å². The molecule has 1 aliphatic carbocycles. The molecular weight excluding hydrogens is 413 g/mol. The number of hydrogen-bond acceptors (Lipinski definition) is 6. The minimum absolute atomic E-state index is 0.0671. The Bertz CT molecular complexity index is 904. The highest BCUT2D eigenvalue weighted by atomic mass is 19.4. The fraction of sp³-hybridized carbons (Fsp3) is 0.476. The third-order valence-corrected chi connectivity index (χ3v) is 4.65. The molecule has 31 heavy (non-hydrogen) atoms. The normalized spacial score (nSPS) is 14.7. The van der Waals surface area contributed by atoms with Crippen LogP contribution in [0.4, 0.5) is 19.0 Å². The van der Waals surface area contributed by atoms with E-state index in [1.165, 1.54) is 25.0 Å². The lowest BCUT2D eigenvalue weighted by atomic mass is 10.1. The minimum atomic E-state index is -4.53. The van der Waals surface area contributed by atoms with Gasteiger partial charge >= 0.3 is 6.18 Å². The first kappa shape index (κ1) is 22.8. The number of carbonyl (C=O) groups excluding carboxylic acids is 1. The van der Waals surface area contributed by atoms with Crippen LogP contribution in [-0.2, 0) is 4.74 Å². The van der Waals surface area contributed by atoms with E-state index in [4.69, 9.17) is 9.47 Å². The predicted molar refractivity (Wildman–Crippen MR) is 108 cm³/mol. The smallest absolute Gasteiger partial charge is 0.422 e. The molecule has 1 aliphatic rings. The van der Waals surface area contributed by atoms with Gasteiger partial charge in [-0.15, -0.1) is 0 Å². The van der Waals surface area contributed by atoms with Crippen molar-refractivity contribution in [3.05, 3.63) is 47.3 Å². The van der Waals surface area contributed by atoms with E-state index in [0.29, 0.717) is 24.2 Å². The van der Waals surface area contributed by atoms with Gasteiger partial charge in [-0.2, -0.15) is 13.2 Å². The fourth-order valence-electron chi connectivity index (χ4n) is 2.77. The van der Waals surface area contributed by atoms with Gasteiger partial charge in [-0.05, 0) is 62.4 Å². The van der Waals surface area contributed by atoms with Gasteiger partial charge in [0.25, 0.3) is 5.91 Å². The Kier molecular flexibility index (Phi) is 7.32. The van der Waals surface area contributed by atoms with Crippen molar-refractivity contribution in [1.82, 2.24) is 15.3 Å². The molecule has 10 heteroatoms. The van der Waals surface area contributed by atoms with Crippen molar-refractivity contribution >= 4 is 11.7 Å². The largest absolute Gasteiger partial charge is 0.467 e. The summed E-state index contributed by atoms with van der Waals surface area (Å²) in [6.45, 7) is 2.90. The molecule has 0 spiro atoms. The van der Waals surface area contributed by atoms with Gasteiger partial charge in [0.15, 0.2) is 6.61 Å². The number of aromatic nitrogens is 2. The highest BCUT2D eigenvalue weighted by Gasteiger charge is 2.30. The maximum Gasteiger partial charge on any atom is 0.422 e. The third-order valence-electron chi connectivity index (χ3n) is 4.65. The average molecular weight is 438 g/mol. The Labute approximate surface area is 178 Å². The number of nitrogens with zero attached hydrogens (tertiary/aromatic N) is 2. The fourth-order valence-corrected chi connectivity index (χ4v) is 2.77. The number of anilines is 1. The van der Waals surface area contributed by atoms with Crippen LogP contribution in [0.15, 0.2) is 30.5 Å². The topological polar surface area (TPSA) is 85.4 Å². The van der Waals surface area contributed by atoms with E-state index in [1.54, 1.807) is 32.2 Å². The van der Waals surface area contributed by atoms with Crippen molar-refractivity contribution in [2.75, 3.05) is 25.3 Å². The van der Waals surface area contributed by atoms with E-state index in [0.717, 1.165) is 12.2 Å². The maximum absolute atomic E-state index is 12.7. The standard InChI is InChI=1S/C21H25F3N4O3/c1-13-3-6-17(20(27-13)31-11-21(22,23)24)19(29)28-14(2)16-7-8-25-18(9-16)26-12-30-10-15-4-5-15/h3,6-9,14-15H,4-5,10-12H2,1-2H3,(H,25,26)(H,28,29). The lowest BCUT2D eigenvalue weighted by molar-refractivity contribution is -0.154. The number of carbonyl (C=O) groups is 1. The van der Waals surface area contributed by atoms with Crippen LogP contribution in [0, 0.1) is 12.8 Å². The lowest BCUT2D eigenvalue weighted by Gasteiger charge is -2.17. The Balaban J connectivity index is 1.61. The number of alkyl halides is 3. The zero-order valence-electron chi connectivity index (χ0n) is 17.3. The molecule has 1 unspecified atom stereocenters. The van der Waals surface area contributed by atoms with Crippen LogP contribution < -0.4 is 15.4 Å². The number of amides is 1. The molecular formula is C21H25F3N4O3. The van der Waals surface area contributed by atoms with Crippen LogP contribution in [0.3, 0.4) is 0 Å². The molecule has 0 bridgehead atoms. The molecule has 1 amide bonds. The minimum Gasteiger partial charge on any atom is -0.467 e. The number of rotatable bonds is 10. The molecule has 0 aromatic carbocycles. The highest BCUT2D eigenvalue weighted by molar-refractivity contribution is 5.96. The summed E-state index contributed by atoms with van der Waals surface area (Å²) < 4.78 is 47.9. The summed E-state index contributed by atoms with van der Waals surface area (Å²) >= 11 is 0. The molecule has 2 heterocycles. The number of nitrogens with one attached hydrogen (secondary N) is 2. The van der Waals surface area contributed by atoms with Gasteiger partial charge in [0.1, 0.15) is 18.1 Å². The second kappa shape index (κ2) is 9.95. The van der Waals surface area contributed by atoms with E-state index < -0.39 is 24.7 Å². The van der Waals surface area contributed by atoms with Crippen LogP contribution in [0.5, 0.6) is 5.88 Å². The van der Waals surface area contributed by atoms with Crippen LogP contribution >= 0.6 is 0 Å². The summed E-state index contributed by atoms with van der Waals surface area (Å²) in [6, 6.07) is 6.03. The molecule has 168 valence electrons. The van der Waals surface area contributed by atoms with E-state index in [-0.39, 0.29) is 11.4 Å². The van der Waals surface area contributed by atoms with Gasteiger partial charge in [-0.25, -0.2) is 9.97 Å². The summed E-state index contributed by atoms with van der Waals surface area (Å²) in [7, 11) is 0. The molecule has 2 aromatic rings. The zero-order valence-corrected chi connectivity index (χ0v) is 17.3. The third kappa shape index (κ3) is 7.39. The van der Waals surface area contributed by atoms with E-state index >= 15 is 0 Å². The van der Waals surface area contributed by atoms with Crippen molar-refractivity contribution in [3.8, 4) is 5.88 Å². The summed E-state index contributed by atoms with van der Waals surface area (Å²) in [5, 5.41) is 5.83. The monoisotopic (exact) mass is 438 g/mol.